The molecule has 1 saturated heterocycles. The van der Waals surface area contributed by atoms with E-state index in [1.54, 1.807) is 24.3 Å². The van der Waals surface area contributed by atoms with Crippen molar-refractivity contribution in [1.29, 1.82) is 5.41 Å². The van der Waals surface area contributed by atoms with E-state index in [0.717, 1.165) is 5.56 Å². The number of hydrogen-bond acceptors (Lipinski definition) is 12. The number of hydroxylamine groups is 1. The van der Waals surface area contributed by atoms with Crippen molar-refractivity contribution in [2.75, 3.05) is 6.54 Å². The molecule has 1 aromatic heterocycles. The van der Waals surface area contributed by atoms with E-state index in [0.29, 0.717) is 12.0 Å². The molecule has 2 aromatic rings. The number of carbonyl (C=O) groups excluding carboxylic acids is 2. The zero-order valence-corrected chi connectivity index (χ0v) is 22.3. The van der Waals surface area contributed by atoms with E-state index < -0.39 is 46.3 Å². The topological polar surface area (TPSA) is 250 Å². The van der Waals surface area contributed by atoms with E-state index in [1.165, 1.54) is 13.8 Å². The Hall–Kier alpha value is -4.07. The minimum Gasteiger partial charge on any atom is -0.475 e. The highest BCUT2D eigenvalue weighted by atomic mass is 32.2. The maximum atomic E-state index is 12.4. The smallest absolute Gasteiger partial charge is 0.475 e. The summed E-state index contributed by atoms with van der Waals surface area (Å²) in [5.41, 5.74) is 15.4. The van der Waals surface area contributed by atoms with E-state index in [2.05, 4.69) is 20.1 Å². The van der Waals surface area contributed by atoms with Crippen LogP contribution in [0.15, 0.2) is 33.7 Å². The van der Waals surface area contributed by atoms with Gasteiger partial charge in [-0.05, 0) is 25.8 Å². The van der Waals surface area contributed by atoms with Crippen LogP contribution in [0, 0.1) is 19.3 Å². The Bertz CT molecular complexity index is 1360. The molecule has 3 rings (SSSR count). The average molecular weight is 609 g/mol. The summed E-state index contributed by atoms with van der Waals surface area (Å²) in [5, 5.41) is 20.5. The number of aliphatic carboxylic acids is 1. The summed E-state index contributed by atoms with van der Waals surface area (Å²) in [4.78, 5) is 38.8. The number of nitrogen functional groups attached to an aromatic ring is 1. The van der Waals surface area contributed by atoms with Crippen LogP contribution >= 0.6 is 0 Å². The third-order valence-corrected chi connectivity index (χ3v) is 6.89. The summed E-state index contributed by atoms with van der Waals surface area (Å²) in [5.74, 6) is -4.63. The highest BCUT2D eigenvalue weighted by molar-refractivity contribution is 7.87. The fourth-order valence-corrected chi connectivity index (χ4v) is 4.68. The van der Waals surface area contributed by atoms with Gasteiger partial charge in [0.05, 0.1) is 18.6 Å². The minimum atomic E-state index is -5.08. The van der Waals surface area contributed by atoms with Gasteiger partial charge >= 0.3 is 28.2 Å². The molecule has 41 heavy (non-hydrogen) atoms. The number of hydrogen-bond donors (Lipinski definition) is 6. The first-order valence-corrected chi connectivity index (χ1v) is 12.9. The summed E-state index contributed by atoms with van der Waals surface area (Å²) >= 11 is 0. The van der Waals surface area contributed by atoms with Crippen LogP contribution in [0.4, 0.5) is 13.2 Å². The molecule has 2 heterocycles. The summed E-state index contributed by atoms with van der Waals surface area (Å²) in [6.07, 6.45) is -5.22. The molecule has 0 bridgehead atoms. The van der Waals surface area contributed by atoms with Gasteiger partial charge in [0.1, 0.15) is 17.6 Å². The Morgan fingerprint density at radius 3 is 2.32 bits per heavy atom. The lowest BCUT2D eigenvalue weighted by Crippen LogP contribution is -2.47. The number of halogens is 3. The van der Waals surface area contributed by atoms with Crippen molar-refractivity contribution < 1.29 is 54.6 Å². The van der Waals surface area contributed by atoms with Crippen LogP contribution < -0.4 is 22.3 Å². The highest BCUT2D eigenvalue weighted by Crippen LogP contribution is 2.27. The molecule has 1 aliphatic heterocycles. The largest absolute Gasteiger partial charge is 0.490 e. The molecule has 1 aliphatic rings. The van der Waals surface area contributed by atoms with Gasteiger partial charge in [-0.3, -0.25) is 15.0 Å². The summed E-state index contributed by atoms with van der Waals surface area (Å²) in [7, 11) is -4.51. The van der Waals surface area contributed by atoms with Crippen LogP contribution in [0.1, 0.15) is 41.5 Å². The molecule has 1 fully saturated rings. The molecule has 1 unspecified atom stereocenters. The van der Waals surface area contributed by atoms with Crippen LogP contribution in [0.5, 0.6) is 0 Å². The lowest BCUT2D eigenvalue weighted by Gasteiger charge is -2.16. The van der Waals surface area contributed by atoms with Crippen LogP contribution in [-0.2, 0) is 33.5 Å². The fraction of sp³-hybridized carbons (Fsp3) is 0.409. The van der Waals surface area contributed by atoms with Crippen LogP contribution in [0.2, 0.25) is 0 Å². The number of carboxylic acids is 1. The van der Waals surface area contributed by atoms with E-state index in [-0.39, 0.29) is 41.2 Å². The van der Waals surface area contributed by atoms with E-state index in [9.17, 15) is 31.2 Å². The molecule has 1 amide bonds. The number of aromatic nitrogens is 1. The maximum absolute atomic E-state index is 12.4. The Balaban J connectivity index is 0.000000745. The zero-order valence-electron chi connectivity index (χ0n) is 21.5. The molecule has 0 aliphatic carbocycles. The van der Waals surface area contributed by atoms with Crippen LogP contribution in [-0.4, -0.2) is 67.2 Å². The van der Waals surface area contributed by atoms with Gasteiger partial charge in [0.25, 0.3) is 0 Å². The second kappa shape index (κ2) is 13.5. The number of alkyl halides is 3. The Kier molecular flexibility index (Phi) is 10.9. The molecule has 0 spiro atoms. The highest BCUT2D eigenvalue weighted by Gasteiger charge is 2.38. The zero-order chi connectivity index (χ0) is 31.1. The number of amidine groups is 1. The standard InChI is InChI=1S/C20H26N6O7S.C2HF3O2/c1-10-18(11(2)31-25-10)34(29,30)33-20(28)16(9-21)24-17(27)8-14-7-15(26-32-14)12-3-5-13(6-4-12)19(22)23;3-2(4,5)1(6)7/h3-6,14-16,26H,7-9,21H2,1-2H3,(H3,22,23)(H,24,27);(H,6,7)/t14-,15+,16?;/m1./s1. The van der Waals surface area contributed by atoms with E-state index >= 15 is 0 Å². The Morgan fingerprint density at radius 2 is 1.85 bits per heavy atom. The molecule has 0 saturated carbocycles. The maximum Gasteiger partial charge on any atom is 0.490 e. The molecule has 1 aromatic carbocycles. The molecular weight excluding hydrogens is 581 g/mol. The second-order valence-corrected chi connectivity index (χ2v) is 10.0. The molecule has 19 heteroatoms. The number of nitrogens with one attached hydrogen (secondary N) is 3. The summed E-state index contributed by atoms with van der Waals surface area (Å²) < 4.78 is 66.0. The van der Waals surface area contributed by atoms with Gasteiger partial charge in [-0.1, -0.05) is 29.4 Å². The Labute approximate surface area is 230 Å². The van der Waals surface area contributed by atoms with Crippen molar-refractivity contribution in [3.8, 4) is 0 Å². The summed E-state index contributed by atoms with van der Waals surface area (Å²) in [6.45, 7) is 2.38. The van der Waals surface area contributed by atoms with Gasteiger partial charge in [-0.2, -0.15) is 27.1 Å². The van der Waals surface area contributed by atoms with E-state index in [4.69, 9.17) is 36.1 Å². The third kappa shape index (κ3) is 9.23. The number of aryl methyl sites for hydroxylation is 2. The van der Waals surface area contributed by atoms with Crippen molar-refractivity contribution in [3.05, 3.63) is 46.8 Å². The lowest BCUT2D eigenvalue weighted by molar-refractivity contribution is -0.192. The first-order valence-electron chi connectivity index (χ1n) is 11.5. The molecule has 15 nitrogen and oxygen atoms in total. The molecule has 226 valence electrons. The number of nitrogens with zero attached hydrogens (tertiary/aromatic N) is 1. The minimum absolute atomic E-state index is 0.0324. The number of carboxylic acid groups (broad SMARTS) is 1. The predicted molar refractivity (Wildman–Crippen MR) is 131 cm³/mol. The summed E-state index contributed by atoms with van der Waals surface area (Å²) in [6, 6.07) is 5.47. The SMILES string of the molecule is Cc1noc(C)c1S(=O)(=O)OC(=O)C(CN)NC(=O)C[C@H]1C[C@@H](c2ccc(C(=N)N)cc2)NO1.O=C(O)C(F)(F)F. The van der Waals surface area contributed by atoms with Gasteiger partial charge < -0.3 is 30.6 Å². The average Bonchev–Trinajstić information content (AvgIpc) is 3.47. The molecular formula is C22H27F3N6O9S. The van der Waals surface area contributed by atoms with Gasteiger partial charge in [-0.15, -0.1) is 0 Å². The van der Waals surface area contributed by atoms with Gasteiger partial charge in [0.15, 0.2) is 10.7 Å². The van der Waals surface area contributed by atoms with Gasteiger partial charge in [0.2, 0.25) is 5.91 Å². The molecule has 3 atom stereocenters. The third-order valence-electron chi connectivity index (χ3n) is 5.42. The number of amides is 1. The van der Waals surface area contributed by atoms with E-state index in [1.807, 2.05) is 0 Å². The van der Waals surface area contributed by atoms with Crippen LogP contribution in [0.3, 0.4) is 0 Å². The number of nitrogens with two attached hydrogens (primary N) is 2. The molecule has 0 radical (unpaired) electrons. The fourth-order valence-electron chi connectivity index (χ4n) is 3.48. The van der Waals surface area contributed by atoms with Crippen molar-refractivity contribution in [1.82, 2.24) is 16.0 Å². The number of carbonyl (C=O) groups is 3. The molecule has 8 N–H and O–H groups in total. The number of benzene rings is 1. The van der Waals surface area contributed by atoms with Gasteiger partial charge in [-0.25, -0.2) is 9.59 Å². The van der Waals surface area contributed by atoms with Crippen molar-refractivity contribution in [2.24, 2.45) is 11.5 Å². The lowest BCUT2D eigenvalue weighted by atomic mass is 9.99. The first-order chi connectivity index (χ1) is 19.0. The normalized spacial score (nSPS) is 17.6. The predicted octanol–water partition coefficient (Wildman–Crippen LogP) is 0.309. The van der Waals surface area contributed by atoms with Crippen molar-refractivity contribution in [3.63, 3.8) is 0 Å². The first kappa shape index (κ1) is 33.1. The van der Waals surface area contributed by atoms with Crippen molar-refractivity contribution >= 4 is 33.8 Å². The van der Waals surface area contributed by atoms with Crippen molar-refractivity contribution in [2.45, 2.75) is 55.9 Å². The Morgan fingerprint density at radius 1 is 1.27 bits per heavy atom. The quantitative estimate of drug-likeness (QED) is 0.128. The second-order valence-electron chi connectivity index (χ2n) is 8.55. The monoisotopic (exact) mass is 608 g/mol. The number of rotatable bonds is 9. The van der Waals surface area contributed by atoms with Crippen LogP contribution in [0.25, 0.3) is 0 Å². The van der Waals surface area contributed by atoms with Gasteiger partial charge in [0, 0.05) is 12.1 Å².